The SMILES string of the molecule is Cc1oc(C(=O)O)cc1S(=O)(=O)N1CCC(O)(C(F)(F)F)C1. The number of aliphatic hydroxyl groups is 1. The average Bonchev–Trinajstić information content (AvgIpc) is 2.93. The molecule has 1 aromatic heterocycles. The zero-order chi connectivity index (χ0) is 16.9. The molecule has 7 nitrogen and oxygen atoms in total. The number of alkyl halides is 3. The highest BCUT2D eigenvalue weighted by molar-refractivity contribution is 7.89. The zero-order valence-electron chi connectivity index (χ0n) is 11.2. The Labute approximate surface area is 123 Å². The van der Waals surface area contributed by atoms with Crippen LogP contribution in [0, 0.1) is 6.92 Å². The molecule has 1 unspecified atom stereocenters. The van der Waals surface area contributed by atoms with Gasteiger partial charge in [0.15, 0.2) is 5.60 Å². The number of aryl methyl sites for hydroxylation is 1. The van der Waals surface area contributed by atoms with E-state index in [2.05, 4.69) is 0 Å². The van der Waals surface area contributed by atoms with Crippen LogP contribution in [0.3, 0.4) is 0 Å². The number of β-amino-alcohol motifs (C(OH)–C–C–N with tert-alkyl or cyclic N) is 1. The van der Waals surface area contributed by atoms with Crippen molar-refractivity contribution in [2.24, 2.45) is 0 Å². The number of halogens is 3. The third kappa shape index (κ3) is 2.59. The van der Waals surface area contributed by atoms with Gasteiger partial charge in [0, 0.05) is 19.0 Å². The van der Waals surface area contributed by atoms with E-state index < -0.39 is 57.9 Å². The van der Waals surface area contributed by atoms with Crippen molar-refractivity contribution in [3.63, 3.8) is 0 Å². The Morgan fingerprint density at radius 2 is 2.05 bits per heavy atom. The molecule has 2 heterocycles. The molecule has 1 atom stereocenters. The van der Waals surface area contributed by atoms with Crippen molar-refractivity contribution in [3.05, 3.63) is 17.6 Å². The van der Waals surface area contributed by atoms with E-state index in [0.29, 0.717) is 4.31 Å². The van der Waals surface area contributed by atoms with Crippen LogP contribution < -0.4 is 0 Å². The van der Waals surface area contributed by atoms with Gasteiger partial charge in [-0.15, -0.1) is 0 Å². The summed E-state index contributed by atoms with van der Waals surface area (Å²) in [5.74, 6) is -2.39. The fourth-order valence-electron chi connectivity index (χ4n) is 2.16. The first-order valence-corrected chi connectivity index (χ1v) is 7.45. The van der Waals surface area contributed by atoms with Gasteiger partial charge in [-0.2, -0.15) is 17.5 Å². The van der Waals surface area contributed by atoms with E-state index in [-0.39, 0.29) is 5.76 Å². The van der Waals surface area contributed by atoms with Crippen LogP contribution in [-0.2, 0) is 10.0 Å². The summed E-state index contributed by atoms with van der Waals surface area (Å²) in [6.07, 6.45) is -5.76. The maximum atomic E-state index is 12.7. The summed E-state index contributed by atoms with van der Waals surface area (Å²) in [5, 5.41) is 18.3. The molecule has 0 bridgehead atoms. The van der Waals surface area contributed by atoms with Gasteiger partial charge in [0.2, 0.25) is 15.8 Å². The number of hydrogen-bond donors (Lipinski definition) is 2. The van der Waals surface area contributed by atoms with Crippen molar-refractivity contribution in [2.45, 2.75) is 30.0 Å². The van der Waals surface area contributed by atoms with Crippen molar-refractivity contribution in [2.75, 3.05) is 13.1 Å². The summed E-state index contributed by atoms with van der Waals surface area (Å²) < 4.78 is 68.0. The Morgan fingerprint density at radius 3 is 2.45 bits per heavy atom. The molecule has 0 radical (unpaired) electrons. The Hall–Kier alpha value is -1.59. The predicted molar refractivity (Wildman–Crippen MR) is 64.8 cm³/mol. The van der Waals surface area contributed by atoms with Crippen LogP contribution >= 0.6 is 0 Å². The highest BCUT2D eigenvalue weighted by Crippen LogP contribution is 2.39. The highest BCUT2D eigenvalue weighted by Gasteiger charge is 2.59. The average molecular weight is 343 g/mol. The minimum atomic E-state index is -4.96. The van der Waals surface area contributed by atoms with Crippen LogP contribution in [0.2, 0.25) is 0 Å². The summed E-state index contributed by atoms with van der Waals surface area (Å²) in [5.41, 5.74) is -3.12. The van der Waals surface area contributed by atoms with Crippen molar-refractivity contribution in [1.82, 2.24) is 4.31 Å². The Kier molecular flexibility index (Phi) is 3.78. The van der Waals surface area contributed by atoms with Crippen LogP contribution in [0.1, 0.15) is 22.7 Å². The lowest BCUT2D eigenvalue weighted by molar-refractivity contribution is -0.252. The van der Waals surface area contributed by atoms with E-state index in [1.54, 1.807) is 0 Å². The first-order valence-electron chi connectivity index (χ1n) is 6.01. The van der Waals surface area contributed by atoms with E-state index >= 15 is 0 Å². The lowest BCUT2D eigenvalue weighted by atomic mass is 10.0. The molecule has 0 amide bonds. The van der Waals surface area contributed by atoms with Crippen molar-refractivity contribution in [1.29, 1.82) is 0 Å². The van der Waals surface area contributed by atoms with Gasteiger partial charge < -0.3 is 14.6 Å². The normalized spacial score (nSPS) is 23.9. The molecular formula is C11H12F3NO6S. The molecule has 1 fully saturated rings. The van der Waals surface area contributed by atoms with E-state index in [1.165, 1.54) is 6.92 Å². The molecule has 1 aliphatic rings. The maximum absolute atomic E-state index is 12.7. The molecule has 2 rings (SSSR count). The molecule has 0 aromatic carbocycles. The van der Waals surface area contributed by atoms with Gasteiger partial charge in [-0.3, -0.25) is 0 Å². The van der Waals surface area contributed by atoms with Crippen LogP contribution in [0.5, 0.6) is 0 Å². The molecule has 1 saturated heterocycles. The number of carboxylic acid groups (broad SMARTS) is 1. The number of carboxylic acids is 1. The minimum Gasteiger partial charge on any atom is -0.475 e. The van der Waals surface area contributed by atoms with Gasteiger partial charge >= 0.3 is 12.1 Å². The standard InChI is InChI=1S/C11H12F3NO6S/c1-6-8(4-7(21-6)9(16)17)22(19,20)15-3-2-10(18,5-15)11(12,13)14/h4,18H,2-3,5H2,1H3,(H,16,17). The van der Waals surface area contributed by atoms with Gasteiger partial charge in [-0.25, -0.2) is 13.2 Å². The van der Waals surface area contributed by atoms with Crippen LogP contribution in [0.4, 0.5) is 13.2 Å². The molecule has 22 heavy (non-hydrogen) atoms. The van der Waals surface area contributed by atoms with Crippen LogP contribution in [0.25, 0.3) is 0 Å². The second kappa shape index (κ2) is 4.96. The number of sulfonamides is 1. The second-order valence-electron chi connectivity index (χ2n) is 4.95. The molecule has 1 aromatic rings. The molecule has 1 aliphatic heterocycles. The lowest BCUT2D eigenvalue weighted by Gasteiger charge is -2.25. The third-order valence-corrected chi connectivity index (χ3v) is 5.39. The summed E-state index contributed by atoms with van der Waals surface area (Å²) in [6, 6.07) is 0.734. The predicted octanol–water partition coefficient (Wildman–Crippen LogP) is 0.974. The fourth-order valence-corrected chi connectivity index (χ4v) is 3.82. The Balaban J connectivity index is 2.35. The second-order valence-corrected chi connectivity index (χ2v) is 6.86. The first-order chi connectivity index (χ1) is 9.88. The fraction of sp³-hybridized carbons (Fsp3) is 0.545. The van der Waals surface area contributed by atoms with Gasteiger partial charge in [0.25, 0.3) is 0 Å². The quantitative estimate of drug-likeness (QED) is 0.847. The first kappa shape index (κ1) is 16.8. The topological polar surface area (TPSA) is 108 Å². The molecule has 0 saturated carbocycles. The third-order valence-electron chi connectivity index (χ3n) is 3.44. The van der Waals surface area contributed by atoms with Gasteiger partial charge in [-0.1, -0.05) is 0 Å². The molecule has 2 N–H and O–H groups in total. The summed E-state index contributed by atoms with van der Waals surface area (Å²) >= 11 is 0. The summed E-state index contributed by atoms with van der Waals surface area (Å²) in [6.45, 7) is -0.497. The number of carbonyl (C=O) groups is 1. The van der Waals surface area contributed by atoms with Gasteiger partial charge in [-0.05, 0) is 6.92 Å². The monoisotopic (exact) mass is 343 g/mol. The molecule has 0 spiro atoms. The number of aromatic carboxylic acids is 1. The van der Waals surface area contributed by atoms with E-state index in [0.717, 1.165) is 6.07 Å². The Morgan fingerprint density at radius 1 is 1.45 bits per heavy atom. The maximum Gasteiger partial charge on any atom is 0.418 e. The lowest BCUT2D eigenvalue weighted by Crippen LogP contribution is -2.48. The number of nitrogens with zero attached hydrogens (tertiary/aromatic N) is 1. The van der Waals surface area contributed by atoms with Gasteiger partial charge in [0.1, 0.15) is 10.7 Å². The number of furan rings is 1. The van der Waals surface area contributed by atoms with Crippen molar-refractivity contribution < 1.29 is 41.0 Å². The van der Waals surface area contributed by atoms with E-state index in [4.69, 9.17) is 9.52 Å². The van der Waals surface area contributed by atoms with E-state index in [1.807, 2.05) is 0 Å². The minimum absolute atomic E-state index is 0.250. The highest BCUT2D eigenvalue weighted by atomic mass is 32.2. The molecule has 124 valence electrons. The Bertz CT molecular complexity index is 710. The smallest absolute Gasteiger partial charge is 0.418 e. The summed E-state index contributed by atoms with van der Waals surface area (Å²) in [7, 11) is -4.40. The van der Waals surface area contributed by atoms with Gasteiger partial charge in [0.05, 0.1) is 6.54 Å². The summed E-state index contributed by atoms with van der Waals surface area (Å²) in [4.78, 5) is 10.2. The van der Waals surface area contributed by atoms with Crippen LogP contribution in [-0.4, -0.2) is 53.8 Å². The van der Waals surface area contributed by atoms with Crippen LogP contribution in [0.15, 0.2) is 15.4 Å². The zero-order valence-corrected chi connectivity index (χ0v) is 12.0. The van der Waals surface area contributed by atoms with Crippen molar-refractivity contribution >= 4 is 16.0 Å². The molecule has 11 heteroatoms. The van der Waals surface area contributed by atoms with E-state index in [9.17, 15) is 31.5 Å². The molecular weight excluding hydrogens is 331 g/mol. The van der Waals surface area contributed by atoms with Crippen molar-refractivity contribution in [3.8, 4) is 0 Å². The number of hydrogen-bond acceptors (Lipinski definition) is 5. The molecule has 0 aliphatic carbocycles. The number of rotatable bonds is 3. The largest absolute Gasteiger partial charge is 0.475 e.